The second-order valence-corrected chi connectivity index (χ2v) is 5.00. The van der Waals surface area contributed by atoms with Crippen LogP contribution in [0.4, 0.5) is 0 Å². The molecule has 0 saturated carbocycles. The number of rotatable bonds is 7. The molecule has 1 N–H and O–H groups in total. The third kappa shape index (κ3) is 5.47. The Labute approximate surface area is 127 Å². The fourth-order valence-electron chi connectivity index (χ4n) is 1.61. The number of nitrogens with zero attached hydrogens (tertiary/aromatic N) is 1. The van der Waals surface area contributed by atoms with Crippen LogP contribution in [0.15, 0.2) is 29.2 Å². The molecule has 1 aromatic heterocycles. The predicted molar refractivity (Wildman–Crippen MR) is 80.8 cm³/mol. The monoisotopic (exact) mass is 310 g/mol. The van der Waals surface area contributed by atoms with Gasteiger partial charge in [0.15, 0.2) is 0 Å². The summed E-state index contributed by atoms with van der Waals surface area (Å²) in [5.41, 5.74) is -0.161. The summed E-state index contributed by atoms with van der Waals surface area (Å²) in [5, 5.41) is 0. The fraction of sp³-hybridized carbons (Fsp3) is 0.429. The highest BCUT2D eigenvalue weighted by molar-refractivity contribution is 7.71. The number of hydrogen-bond acceptors (Lipinski definition) is 5. The van der Waals surface area contributed by atoms with Crippen molar-refractivity contribution in [2.24, 2.45) is 0 Å². The van der Waals surface area contributed by atoms with Gasteiger partial charge in [0.1, 0.15) is 4.64 Å². The van der Waals surface area contributed by atoms with Gasteiger partial charge in [-0.2, -0.15) is 0 Å². The van der Waals surface area contributed by atoms with E-state index in [0.29, 0.717) is 31.4 Å². The van der Waals surface area contributed by atoms with Gasteiger partial charge in [0.25, 0.3) is 0 Å². The van der Waals surface area contributed by atoms with E-state index in [1.54, 1.807) is 6.92 Å². The molecule has 1 heterocycles. The highest BCUT2D eigenvalue weighted by atomic mass is 32.1. The summed E-state index contributed by atoms with van der Waals surface area (Å²) in [6.45, 7) is 5.36. The van der Waals surface area contributed by atoms with Gasteiger partial charge in [-0.1, -0.05) is 18.8 Å². The third-order valence-electron chi connectivity index (χ3n) is 2.72. The van der Waals surface area contributed by atoms with Crippen LogP contribution in [0.1, 0.15) is 37.4 Å². The Morgan fingerprint density at radius 2 is 2.10 bits per heavy atom. The quantitative estimate of drug-likeness (QED) is 0.361. The van der Waals surface area contributed by atoms with E-state index in [-0.39, 0.29) is 17.0 Å². The Balaban J connectivity index is 2.32. The highest BCUT2D eigenvalue weighted by Crippen LogP contribution is 2.03. The molecular formula is C14H18N2O4S. The molecule has 0 amide bonds. The van der Waals surface area contributed by atoms with Crippen molar-refractivity contribution in [2.75, 3.05) is 6.61 Å². The maximum Gasteiger partial charge on any atom is 0.333 e. The average Bonchev–Trinajstić information content (AvgIpc) is 2.42. The number of esters is 1. The minimum absolute atomic E-state index is 0.194. The molecule has 0 aliphatic carbocycles. The molecule has 0 atom stereocenters. The van der Waals surface area contributed by atoms with Gasteiger partial charge in [0.2, 0.25) is 5.91 Å². The van der Waals surface area contributed by atoms with E-state index >= 15 is 0 Å². The summed E-state index contributed by atoms with van der Waals surface area (Å²) in [6.07, 6.45) is 3.59. The standard InChI is InChI=1S/C14H18N2O4S/c1-10(2)13(18)20-9-5-3-4-6-11(17)16-12(21)7-8-15-14(16)19/h7-8H,1,3-6,9H2,2H3,(H,15,19). The van der Waals surface area contributed by atoms with E-state index in [4.69, 9.17) is 17.0 Å². The normalized spacial score (nSPS) is 10.1. The first-order valence-corrected chi connectivity index (χ1v) is 7.01. The molecule has 7 heteroatoms. The van der Waals surface area contributed by atoms with Crippen LogP contribution in [-0.4, -0.2) is 28.0 Å². The predicted octanol–water partition coefficient (Wildman–Crippen LogP) is 2.23. The smallest absolute Gasteiger partial charge is 0.333 e. The number of hydrogen-bond donors (Lipinski definition) is 1. The topological polar surface area (TPSA) is 81.2 Å². The molecule has 114 valence electrons. The summed E-state index contributed by atoms with van der Waals surface area (Å²) in [6, 6.07) is 1.49. The second-order valence-electron chi connectivity index (χ2n) is 4.58. The van der Waals surface area contributed by atoms with Gasteiger partial charge < -0.3 is 9.72 Å². The van der Waals surface area contributed by atoms with Crippen LogP contribution in [0.25, 0.3) is 0 Å². The zero-order chi connectivity index (χ0) is 15.8. The maximum atomic E-state index is 11.9. The molecule has 0 radical (unpaired) electrons. The van der Waals surface area contributed by atoms with Gasteiger partial charge in [-0.25, -0.2) is 14.2 Å². The first kappa shape index (κ1) is 17.0. The van der Waals surface area contributed by atoms with Gasteiger partial charge in [0.05, 0.1) is 6.61 Å². The minimum Gasteiger partial charge on any atom is -0.462 e. The average molecular weight is 310 g/mol. The number of carbonyl (C=O) groups excluding carboxylic acids is 2. The Kier molecular flexibility index (Phi) is 6.74. The first-order valence-electron chi connectivity index (χ1n) is 6.60. The van der Waals surface area contributed by atoms with Crippen molar-refractivity contribution in [3.63, 3.8) is 0 Å². The number of unbranched alkanes of at least 4 members (excludes halogenated alkanes) is 2. The van der Waals surface area contributed by atoms with Crippen LogP contribution in [0.5, 0.6) is 0 Å². The SMILES string of the molecule is C=C(C)C(=O)OCCCCCC(=O)n1c(=S)cc[nH]c1=O. The van der Waals surface area contributed by atoms with Gasteiger partial charge >= 0.3 is 11.7 Å². The summed E-state index contributed by atoms with van der Waals surface area (Å²) < 4.78 is 6.08. The van der Waals surface area contributed by atoms with E-state index in [1.165, 1.54) is 12.3 Å². The van der Waals surface area contributed by atoms with Crippen molar-refractivity contribution < 1.29 is 14.3 Å². The van der Waals surface area contributed by atoms with E-state index < -0.39 is 11.7 Å². The molecule has 0 fully saturated rings. The van der Waals surface area contributed by atoms with Crippen molar-refractivity contribution in [1.29, 1.82) is 0 Å². The van der Waals surface area contributed by atoms with Crippen molar-refractivity contribution >= 4 is 24.1 Å². The van der Waals surface area contributed by atoms with Crippen molar-refractivity contribution in [1.82, 2.24) is 9.55 Å². The fourth-order valence-corrected chi connectivity index (χ4v) is 1.87. The number of carbonyl (C=O) groups is 2. The summed E-state index contributed by atoms with van der Waals surface area (Å²) in [5.74, 6) is -0.742. The number of aromatic amines is 1. The van der Waals surface area contributed by atoms with Crippen LogP contribution in [0, 0.1) is 4.64 Å². The molecular weight excluding hydrogens is 292 g/mol. The zero-order valence-corrected chi connectivity index (χ0v) is 12.7. The summed E-state index contributed by atoms with van der Waals surface area (Å²) in [7, 11) is 0. The molecule has 0 aromatic carbocycles. The molecule has 0 aliphatic heterocycles. The van der Waals surface area contributed by atoms with Crippen LogP contribution in [0.3, 0.4) is 0 Å². The summed E-state index contributed by atoms with van der Waals surface area (Å²) >= 11 is 4.95. The number of nitrogens with one attached hydrogen (secondary N) is 1. The van der Waals surface area contributed by atoms with Crippen molar-refractivity contribution in [3.05, 3.63) is 39.5 Å². The van der Waals surface area contributed by atoms with Crippen LogP contribution < -0.4 is 5.69 Å². The van der Waals surface area contributed by atoms with E-state index in [0.717, 1.165) is 4.57 Å². The van der Waals surface area contributed by atoms with E-state index in [2.05, 4.69) is 11.6 Å². The van der Waals surface area contributed by atoms with Crippen molar-refractivity contribution in [3.8, 4) is 0 Å². The lowest BCUT2D eigenvalue weighted by atomic mass is 10.2. The van der Waals surface area contributed by atoms with Gasteiger partial charge in [-0.05, 0) is 32.3 Å². The molecule has 0 saturated heterocycles. The maximum absolute atomic E-state index is 11.9. The lowest BCUT2D eigenvalue weighted by molar-refractivity contribution is -0.139. The van der Waals surface area contributed by atoms with Gasteiger partial charge in [0, 0.05) is 18.2 Å². The summed E-state index contributed by atoms with van der Waals surface area (Å²) in [4.78, 5) is 36.9. The molecule has 1 aromatic rings. The Hall–Kier alpha value is -2.02. The number of H-pyrrole nitrogens is 1. The molecule has 0 unspecified atom stereocenters. The molecule has 6 nitrogen and oxygen atoms in total. The van der Waals surface area contributed by atoms with E-state index in [1.807, 2.05) is 0 Å². The molecule has 0 spiro atoms. The molecule has 1 rings (SSSR count). The van der Waals surface area contributed by atoms with E-state index in [9.17, 15) is 14.4 Å². The van der Waals surface area contributed by atoms with Crippen molar-refractivity contribution in [2.45, 2.75) is 32.6 Å². The van der Waals surface area contributed by atoms with Crippen LogP contribution in [-0.2, 0) is 9.53 Å². The molecule has 0 aliphatic rings. The van der Waals surface area contributed by atoms with Gasteiger partial charge in [-0.15, -0.1) is 0 Å². The highest BCUT2D eigenvalue weighted by Gasteiger charge is 2.08. The molecule has 21 heavy (non-hydrogen) atoms. The van der Waals surface area contributed by atoms with Gasteiger partial charge in [-0.3, -0.25) is 4.79 Å². The Morgan fingerprint density at radius 3 is 2.71 bits per heavy atom. The Morgan fingerprint density at radius 1 is 1.38 bits per heavy atom. The Bertz CT molecular complexity index is 617. The third-order valence-corrected chi connectivity index (χ3v) is 3.04. The zero-order valence-electron chi connectivity index (χ0n) is 11.9. The second kappa shape index (κ2) is 8.31. The number of aromatic nitrogens is 2. The van der Waals surface area contributed by atoms with Crippen LogP contribution in [0.2, 0.25) is 0 Å². The lowest BCUT2D eigenvalue weighted by Crippen LogP contribution is -2.28. The number of ether oxygens (including phenoxy) is 1. The lowest BCUT2D eigenvalue weighted by Gasteiger charge is -2.05. The first-order chi connectivity index (χ1) is 9.93. The minimum atomic E-state index is -0.525. The molecule has 0 bridgehead atoms. The van der Waals surface area contributed by atoms with Crippen LogP contribution >= 0.6 is 12.2 Å². The largest absolute Gasteiger partial charge is 0.462 e.